The lowest BCUT2D eigenvalue weighted by atomic mass is 9.95. The molecule has 5 heterocycles. The Hall–Kier alpha value is -2.98. The van der Waals surface area contributed by atoms with Gasteiger partial charge in [0, 0.05) is 12.0 Å². The van der Waals surface area contributed by atoms with Gasteiger partial charge in [-0.2, -0.15) is 0 Å². The van der Waals surface area contributed by atoms with Gasteiger partial charge in [-0.1, -0.05) is 84.6 Å². The topological polar surface area (TPSA) is 321 Å². The zero-order valence-corrected chi connectivity index (χ0v) is 46.5. The average Bonchev–Trinajstić information content (AvgIpc) is 3.40. The summed E-state index contributed by atoms with van der Waals surface area (Å²) in [5, 5.41) is 79.8. The number of carbonyl (C=O) groups is 4. The number of aliphatic hydroxyl groups excluding tert-OH is 7. The maximum atomic E-state index is 14.0. The van der Waals surface area contributed by atoms with E-state index in [1.807, 2.05) is 0 Å². The fourth-order valence-electron chi connectivity index (χ4n) is 9.75. The number of hydrogen-bond donors (Lipinski definition) is 7. The van der Waals surface area contributed by atoms with Crippen molar-refractivity contribution in [2.24, 2.45) is 11.8 Å². The van der Waals surface area contributed by atoms with Gasteiger partial charge in [-0.15, -0.1) is 0 Å². The van der Waals surface area contributed by atoms with E-state index in [9.17, 15) is 54.9 Å². The molecule has 7 N–H and O–H groups in total. The monoisotopic (exact) mass is 1110 g/mol. The van der Waals surface area contributed by atoms with E-state index in [1.54, 1.807) is 27.7 Å². The van der Waals surface area contributed by atoms with Crippen molar-refractivity contribution >= 4 is 23.9 Å². The quantitative estimate of drug-likeness (QED) is 0.0569. The molecule has 2 bridgehead atoms. The van der Waals surface area contributed by atoms with Gasteiger partial charge in [-0.3, -0.25) is 14.4 Å². The van der Waals surface area contributed by atoms with Crippen LogP contribution in [-0.2, 0) is 76.0 Å². The highest BCUT2D eigenvalue weighted by molar-refractivity contribution is 5.87. The number of carbonyl (C=O) groups excluding carboxylic acids is 4. The number of ether oxygens (including phenoxy) is 12. The maximum Gasteiger partial charge on any atom is 0.333 e. The lowest BCUT2D eigenvalue weighted by Crippen LogP contribution is -2.68. The zero-order valence-electron chi connectivity index (χ0n) is 46.5. The Morgan fingerprint density at radius 2 is 1.23 bits per heavy atom. The van der Waals surface area contributed by atoms with Crippen LogP contribution in [0.25, 0.3) is 0 Å². The number of rotatable bonds is 14. The number of aliphatic hydroxyl groups is 7. The molecule has 0 aromatic carbocycles. The lowest BCUT2D eigenvalue weighted by Gasteiger charge is -2.50. The minimum atomic E-state index is -2.03. The number of unbranched alkanes of at least 4 members (excludes halogenated alkanes) is 2. The number of allylic oxidation sites excluding steroid dienone is 1. The standard InChI is InChI=1S/C54H90O23/c1-11-13-19-22-33-23-20-17-15-14-16-18-21-24-35(56)72-46-43(75-51-41(62)40(61)42(31(9)68-51)73-48(63)26(3)4)32(10)69-54(47(46)74-49(64)27(5)12-2)77-45-39(60)37(58)34(25-66-50(65)28(6)29(7)55)71-53(45)76-44-38(59)36(57)30(8)67-52(44)70-33/h12,26,28-34,36-47,51-55,57-62H,11,13-25H2,1-10H3. The van der Waals surface area contributed by atoms with Crippen molar-refractivity contribution in [1.29, 1.82) is 0 Å². The van der Waals surface area contributed by atoms with Crippen LogP contribution in [-0.4, -0.2) is 201 Å². The molecule has 0 saturated carbocycles. The second kappa shape index (κ2) is 30.7. The van der Waals surface area contributed by atoms with Gasteiger partial charge < -0.3 is 92.6 Å². The molecule has 444 valence electrons. The molecule has 23 atom stereocenters. The summed E-state index contributed by atoms with van der Waals surface area (Å²) >= 11 is 0. The van der Waals surface area contributed by atoms with Gasteiger partial charge in [-0.25, -0.2) is 4.79 Å². The first-order chi connectivity index (χ1) is 36.5. The van der Waals surface area contributed by atoms with E-state index in [0.717, 1.165) is 51.4 Å². The molecule has 5 fully saturated rings. The van der Waals surface area contributed by atoms with Gasteiger partial charge in [-0.05, 0) is 67.7 Å². The molecule has 0 aromatic heterocycles. The van der Waals surface area contributed by atoms with Crippen LogP contribution in [0.15, 0.2) is 11.6 Å². The molecule has 23 heteroatoms. The van der Waals surface area contributed by atoms with E-state index >= 15 is 0 Å². The van der Waals surface area contributed by atoms with E-state index in [0.29, 0.717) is 25.7 Å². The summed E-state index contributed by atoms with van der Waals surface area (Å²) in [5.74, 6) is -4.73. The third kappa shape index (κ3) is 17.5. The molecular weight excluding hydrogens is 1020 g/mol. The van der Waals surface area contributed by atoms with Crippen LogP contribution in [0.2, 0.25) is 0 Å². The van der Waals surface area contributed by atoms with Gasteiger partial charge >= 0.3 is 23.9 Å². The minimum absolute atomic E-state index is 0.0762. The predicted octanol–water partition coefficient (Wildman–Crippen LogP) is 2.67. The van der Waals surface area contributed by atoms with E-state index in [-0.39, 0.29) is 18.1 Å². The van der Waals surface area contributed by atoms with E-state index in [4.69, 9.17) is 56.8 Å². The summed E-state index contributed by atoms with van der Waals surface area (Å²) < 4.78 is 74.3. The molecular formula is C54H90O23. The molecule has 5 aliphatic rings. The van der Waals surface area contributed by atoms with E-state index in [2.05, 4.69) is 6.92 Å². The Bertz CT molecular complexity index is 1870. The highest BCUT2D eigenvalue weighted by Gasteiger charge is 2.58. The molecule has 0 spiro atoms. The Morgan fingerprint density at radius 1 is 0.636 bits per heavy atom. The normalized spacial score (nSPS) is 40.3. The van der Waals surface area contributed by atoms with Gasteiger partial charge in [0.2, 0.25) is 0 Å². The molecule has 23 nitrogen and oxygen atoms in total. The van der Waals surface area contributed by atoms with Crippen LogP contribution in [0.4, 0.5) is 0 Å². The highest BCUT2D eigenvalue weighted by atomic mass is 16.8. The molecule has 0 radical (unpaired) electrons. The first kappa shape index (κ1) is 64.8. The van der Waals surface area contributed by atoms with Gasteiger partial charge in [0.05, 0.1) is 42.4 Å². The van der Waals surface area contributed by atoms with Crippen molar-refractivity contribution in [3.8, 4) is 0 Å². The van der Waals surface area contributed by atoms with Crippen molar-refractivity contribution < 1.29 is 112 Å². The van der Waals surface area contributed by atoms with Crippen LogP contribution in [0.1, 0.15) is 153 Å². The highest BCUT2D eigenvalue weighted by Crippen LogP contribution is 2.38. The fourth-order valence-corrected chi connectivity index (χ4v) is 9.75. The molecule has 5 rings (SSSR count). The van der Waals surface area contributed by atoms with Crippen LogP contribution in [0.3, 0.4) is 0 Å². The smallest absolute Gasteiger partial charge is 0.333 e. The lowest BCUT2D eigenvalue weighted by molar-refractivity contribution is -0.399. The SMILES string of the molecule is CC=C(C)C(=O)OC1C2OC(C)C(OC3OC(C)C(OC(=O)C(C)C)C(O)C3O)C1OC(=O)CCCCCCCCCC(CCCCC)OC1OC(C)C(O)C(O)C1OC1OC(COC(=O)C(C)C(C)O)C(O)C(O)C1O2. The van der Waals surface area contributed by atoms with Gasteiger partial charge in [0.25, 0.3) is 0 Å². The summed E-state index contributed by atoms with van der Waals surface area (Å²) in [6, 6.07) is 0. The van der Waals surface area contributed by atoms with Crippen LogP contribution >= 0.6 is 0 Å². The van der Waals surface area contributed by atoms with Gasteiger partial charge in [0.1, 0.15) is 67.6 Å². The fraction of sp³-hybridized carbons (Fsp3) is 0.889. The minimum Gasteiger partial charge on any atom is -0.463 e. The average molecular weight is 1110 g/mol. The van der Waals surface area contributed by atoms with E-state index in [1.165, 1.54) is 40.7 Å². The van der Waals surface area contributed by atoms with Crippen molar-refractivity contribution in [1.82, 2.24) is 0 Å². The van der Waals surface area contributed by atoms with Crippen molar-refractivity contribution in [3.63, 3.8) is 0 Å². The predicted molar refractivity (Wildman–Crippen MR) is 269 cm³/mol. The number of hydrogen-bond acceptors (Lipinski definition) is 23. The second-order valence-electron chi connectivity index (χ2n) is 21.7. The Balaban J connectivity index is 1.59. The largest absolute Gasteiger partial charge is 0.463 e. The molecule has 0 aromatic rings. The summed E-state index contributed by atoms with van der Waals surface area (Å²) in [5.41, 5.74) is 0.0983. The molecule has 77 heavy (non-hydrogen) atoms. The van der Waals surface area contributed by atoms with Crippen molar-refractivity contribution in [2.75, 3.05) is 6.61 Å². The van der Waals surface area contributed by atoms with E-state index < -0.39 is 171 Å². The third-order valence-corrected chi connectivity index (χ3v) is 15.1. The zero-order chi connectivity index (χ0) is 56.8. The maximum absolute atomic E-state index is 14.0. The van der Waals surface area contributed by atoms with Gasteiger partial charge in [0.15, 0.2) is 43.5 Å². The van der Waals surface area contributed by atoms with Crippen molar-refractivity contribution in [2.45, 2.75) is 288 Å². The second-order valence-corrected chi connectivity index (χ2v) is 21.7. The summed E-state index contributed by atoms with van der Waals surface area (Å²) in [7, 11) is 0. The number of esters is 4. The first-order valence-electron chi connectivity index (χ1n) is 27.9. The van der Waals surface area contributed by atoms with Crippen LogP contribution < -0.4 is 0 Å². The molecule has 0 amide bonds. The Morgan fingerprint density at radius 3 is 1.87 bits per heavy atom. The molecule has 5 aliphatic heterocycles. The van der Waals surface area contributed by atoms with Crippen LogP contribution in [0.5, 0.6) is 0 Å². The Kier molecular flexibility index (Phi) is 25.9. The summed E-state index contributed by atoms with van der Waals surface area (Å²) in [4.78, 5) is 53.5. The van der Waals surface area contributed by atoms with Crippen molar-refractivity contribution in [3.05, 3.63) is 11.6 Å². The number of fused-ring (bicyclic) bond motifs is 4. The summed E-state index contributed by atoms with van der Waals surface area (Å²) in [6.45, 7) is 15.0. The molecule has 5 saturated heterocycles. The summed E-state index contributed by atoms with van der Waals surface area (Å²) in [6.07, 6.45) is -22.7. The first-order valence-corrected chi connectivity index (χ1v) is 27.9. The Labute approximate surface area is 452 Å². The molecule has 0 aliphatic carbocycles. The third-order valence-electron chi connectivity index (χ3n) is 15.1. The molecule has 23 unspecified atom stereocenters. The van der Waals surface area contributed by atoms with Crippen LogP contribution in [0, 0.1) is 11.8 Å².